The third kappa shape index (κ3) is 3.44. The number of non-ortho nitro benzene ring substituents is 1. The molecule has 0 atom stereocenters. The molecular weight excluding hydrogens is 306 g/mol. The second-order valence-electron chi connectivity index (χ2n) is 3.35. The molecule has 0 fully saturated rings. The van der Waals surface area contributed by atoms with Gasteiger partial charge in [0.1, 0.15) is 0 Å². The number of thioether (sulfide) groups is 1. The van der Waals surface area contributed by atoms with E-state index in [1.165, 1.54) is 47.0 Å². The number of nitro benzene ring substituents is 1. The van der Waals surface area contributed by atoms with Crippen LogP contribution in [0.5, 0.6) is 0 Å². The lowest BCUT2D eigenvalue weighted by Gasteiger charge is -2.04. The Hall–Kier alpha value is -1.16. The van der Waals surface area contributed by atoms with E-state index >= 15 is 0 Å². The molecule has 0 saturated carbocycles. The van der Waals surface area contributed by atoms with Gasteiger partial charge in [0.15, 0.2) is 8.68 Å². The summed E-state index contributed by atoms with van der Waals surface area (Å²) >= 11 is 4.30. The van der Waals surface area contributed by atoms with Gasteiger partial charge in [0.05, 0.1) is 11.5 Å². The van der Waals surface area contributed by atoms with Crippen LogP contribution in [0.2, 0.25) is 0 Å². The Morgan fingerprint density at radius 3 is 2.74 bits per heavy atom. The molecule has 1 aromatic heterocycles. The van der Waals surface area contributed by atoms with Gasteiger partial charge in [-0.1, -0.05) is 34.9 Å². The summed E-state index contributed by atoms with van der Waals surface area (Å²) in [5.74, 6) is 0. The molecular formula is C10H9N3O3S3. The van der Waals surface area contributed by atoms with Crippen molar-refractivity contribution >= 4 is 40.5 Å². The number of benzene rings is 1. The standard InChI is InChI=1S/C10H9N3O3S3/c1-17-9-11-12-10(19-9)18-8-3-2-7(13(15)16)4-6(8)5-14/h2-4,14H,5H2,1H3. The maximum Gasteiger partial charge on any atom is 0.269 e. The molecule has 1 heterocycles. The molecule has 0 amide bonds. The van der Waals surface area contributed by atoms with Gasteiger partial charge in [-0.15, -0.1) is 10.2 Å². The molecule has 0 aliphatic rings. The maximum absolute atomic E-state index is 10.7. The van der Waals surface area contributed by atoms with Crippen molar-refractivity contribution < 1.29 is 10.0 Å². The summed E-state index contributed by atoms with van der Waals surface area (Å²) in [6.45, 7) is -0.252. The summed E-state index contributed by atoms with van der Waals surface area (Å²) in [5, 5.41) is 27.9. The highest BCUT2D eigenvalue weighted by Crippen LogP contribution is 2.35. The van der Waals surface area contributed by atoms with E-state index in [4.69, 9.17) is 0 Å². The maximum atomic E-state index is 10.7. The van der Waals surface area contributed by atoms with Gasteiger partial charge in [-0.25, -0.2) is 0 Å². The molecule has 0 unspecified atom stereocenters. The van der Waals surface area contributed by atoms with E-state index < -0.39 is 4.92 Å². The fourth-order valence-corrected chi connectivity index (χ4v) is 3.81. The van der Waals surface area contributed by atoms with Gasteiger partial charge < -0.3 is 5.11 Å². The zero-order valence-electron chi connectivity index (χ0n) is 9.77. The van der Waals surface area contributed by atoms with Crippen molar-refractivity contribution in [2.24, 2.45) is 0 Å². The molecule has 19 heavy (non-hydrogen) atoms. The van der Waals surface area contributed by atoms with Crippen molar-refractivity contribution in [2.75, 3.05) is 6.26 Å². The molecule has 1 aromatic carbocycles. The normalized spacial score (nSPS) is 10.6. The molecule has 2 aromatic rings. The lowest BCUT2D eigenvalue weighted by Crippen LogP contribution is -1.93. The van der Waals surface area contributed by atoms with Crippen LogP contribution in [-0.4, -0.2) is 26.5 Å². The molecule has 1 N–H and O–H groups in total. The second kappa shape index (κ2) is 6.33. The van der Waals surface area contributed by atoms with Crippen LogP contribution in [-0.2, 0) is 6.61 Å². The van der Waals surface area contributed by atoms with Gasteiger partial charge in [0, 0.05) is 17.0 Å². The molecule has 100 valence electrons. The van der Waals surface area contributed by atoms with Crippen LogP contribution in [0.4, 0.5) is 5.69 Å². The van der Waals surface area contributed by atoms with E-state index in [1.54, 1.807) is 6.07 Å². The Morgan fingerprint density at radius 2 is 2.16 bits per heavy atom. The Morgan fingerprint density at radius 1 is 1.42 bits per heavy atom. The van der Waals surface area contributed by atoms with Gasteiger partial charge in [-0.2, -0.15) is 0 Å². The first-order chi connectivity index (χ1) is 9.13. The first-order valence-electron chi connectivity index (χ1n) is 5.07. The average Bonchev–Trinajstić information content (AvgIpc) is 2.86. The molecule has 0 spiro atoms. The first kappa shape index (κ1) is 14.3. The van der Waals surface area contributed by atoms with Gasteiger partial charge in [0.2, 0.25) is 0 Å². The Balaban J connectivity index is 2.26. The van der Waals surface area contributed by atoms with E-state index in [1.807, 2.05) is 6.26 Å². The molecule has 2 rings (SSSR count). The second-order valence-corrected chi connectivity index (χ2v) is 6.67. The number of hydrogen-bond acceptors (Lipinski definition) is 8. The van der Waals surface area contributed by atoms with Gasteiger partial charge in [0.25, 0.3) is 5.69 Å². The number of hydrogen-bond donors (Lipinski definition) is 1. The topological polar surface area (TPSA) is 89.2 Å². The number of rotatable bonds is 5. The average molecular weight is 315 g/mol. The molecule has 6 nitrogen and oxygen atoms in total. The number of aliphatic hydroxyl groups excluding tert-OH is 1. The summed E-state index contributed by atoms with van der Waals surface area (Å²) in [6.07, 6.45) is 1.92. The van der Waals surface area contributed by atoms with Crippen LogP contribution < -0.4 is 0 Å². The van der Waals surface area contributed by atoms with Crippen LogP contribution in [0.1, 0.15) is 5.56 Å². The first-order valence-corrected chi connectivity index (χ1v) is 7.93. The summed E-state index contributed by atoms with van der Waals surface area (Å²) in [7, 11) is 0. The molecule has 0 bridgehead atoms. The van der Waals surface area contributed by atoms with Crippen molar-refractivity contribution in [3.8, 4) is 0 Å². The van der Waals surface area contributed by atoms with Gasteiger partial charge in [-0.05, 0) is 17.9 Å². The lowest BCUT2D eigenvalue weighted by molar-refractivity contribution is -0.385. The van der Waals surface area contributed by atoms with Gasteiger partial charge in [-0.3, -0.25) is 10.1 Å². The van der Waals surface area contributed by atoms with Crippen LogP contribution in [0.15, 0.2) is 31.8 Å². The highest BCUT2D eigenvalue weighted by Gasteiger charge is 2.13. The highest BCUT2D eigenvalue weighted by atomic mass is 32.2. The third-order valence-electron chi connectivity index (χ3n) is 2.19. The van der Waals surface area contributed by atoms with Crippen LogP contribution in [0.3, 0.4) is 0 Å². The lowest BCUT2D eigenvalue weighted by atomic mass is 10.2. The summed E-state index contributed by atoms with van der Waals surface area (Å²) in [4.78, 5) is 10.9. The zero-order chi connectivity index (χ0) is 13.8. The minimum atomic E-state index is -0.482. The van der Waals surface area contributed by atoms with Crippen molar-refractivity contribution in [1.29, 1.82) is 0 Å². The van der Waals surface area contributed by atoms with E-state index in [-0.39, 0.29) is 12.3 Å². The summed E-state index contributed by atoms with van der Waals surface area (Å²) in [5.41, 5.74) is 0.482. The Bertz CT molecular complexity index is 603. The fraction of sp³-hybridized carbons (Fsp3) is 0.200. The van der Waals surface area contributed by atoms with Crippen molar-refractivity contribution in [3.63, 3.8) is 0 Å². The molecule has 9 heteroatoms. The molecule has 0 aliphatic carbocycles. The van der Waals surface area contributed by atoms with Gasteiger partial charge >= 0.3 is 0 Å². The number of nitrogens with zero attached hydrogens (tertiary/aromatic N) is 3. The highest BCUT2D eigenvalue weighted by molar-refractivity contribution is 8.03. The number of aromatic nitrogens is 2. The number of aliphatic hydroxyl groups is 1. The van der Waals surface area contributed by atoms with E-state index in [2.05, 4.69) is 10.2 Å². The Kier molecular flexibility index (Phi) is 4.75. The predicted octanol–water partition coefficient (Wildman–Crippen LogP) is 2.81. The minimum absolute atomic E-state index is 0.0320. The third-order valence-corrected chi connectivity index (χ3v) is 5.25. The minimum Gasteiger partial charge on any atom is -0.392 e. The predicted molar refractivity (Wildman–Crippen MR) is 74.8 cm³/mol. The number of nitro groups is 1. The largest absolute Gasteiger partial charge is 0.392 e. The van der Waals surface area contributed by atoms with Crippen LogP contribution >= 0.6 is 34.9 Å². The quantitative estimate of drug-likeness (QED) is 0.515. The Labute approximate surface area is 121 Å². The summed E-state index contributed by atoms with van der Waals surface area (Å²) < 4.78 is 1.60. The smallest absolute Gasteiger partial charge is 0.269 e. The summed E-state index contributed by atoms with van der Waals surface area (Å²) in [6, 6.07) is 4.41. The SMILES string of the molecule is CSc1nnc(Sc2ccc([N+](=O)[O-])cc2CO)s1. The van der Waals surface area contributed by atoms with E-state index in [0.717, 1.165) is 13.6 Å². The zero-order valence-corrected chi connectivity index (χ0v) is 12.2. The molecule has 0 aliphatic heterocycles. The van der Waals surface area contributed by atoms with E-state index in [9.17, 15) is 15.2 Å². The molecule has 0 saturated heterocycles. The van der Waals surface area contributed by atoms with Crippen molar-refractivity contribution in [1.82, 2.24) is 10.2 Å². The van der Waals surface area contributed by atoms with Crippen molar-refractivity contribution in [2.45, 2.75) is 20.2 Å². The van der Waals surface area contributed by atoms with Crippen molar-refractivity contribution in [3.05, 3.63) is 33.9 Å². The fourth-order valence-electron chi connectivity index (χ4n) is 1.32. The van der Waals surface area contributed by atoms with Crippen LogP contribution in [0.25, 0.3) is 0 Å². The van der Waals surface area contributed by atoms with Crippen LogP contribution in [0, 0.1) is 10.1 Å². The molecule has 0 radical (unpaired) electrons. The monoisotopic (exact) mass is 315 g/mol. The van der Waals surface area contributed by atoms with E-state index in [0.29, 0.717) is 5.56 Å².